The van der Waals surface area contributed by atoms with Gasteiger partial charge in [-0.25, -0.2) is 9.37 Å². The monoisotopic (exact) mass is 417 g/mol. The van der Waals surface area contributed by atoms with Crippen LogP contribution in [0.15, 0.2) is 34.4 Å². The Bertz CT molecular complexity index is 1130. The van der Waals surface area contributed by atoms with Crippen LogP contribution < -0.4 is 15.2 Å². The smallest absolute Gasteiger partial charge is 0.308 e. The van der Waals surface area contributed by atoms with Gasteiger partial charge in [-0.15, -0.1) is 11.3 Å². The minimum absolute atomic E-state index is 0.129. The Labute approximate surface area is 170 Å². The van der Waals surface area contributed by atoms with Crippen molar-refractivity contribution in [3.8, 4) is 5.75 Å². The molecule has 0 radical (unpaired) electrons. The van der Waals surface area contributed by atoms with E-state index in [1.165, 1.54) is 35.1 Å². The third-order valence-electron chi connectivity index (χ3n) is 5.16. The number of halogens is 1. The van der Waals surface area contributed by atoms with Gasteiger partial charge in [-0.1, -0.05) is 6.07 Å². The number of aliphatic carboxylic acids is 1. The number of carboxylic acid groups (broad SMARTS) is 1. The lowest BCUT2D eigenvalue weighted by Crippen LogP contribution is -2.42. The first-order valence-corrected chi connectivity index (χ1v) is 10.1. The molecule has 4 rings (SSSR count). The minimum Gasteiger partial charge on any atom is -0.494 e. The van der Waals surface area contributed by atoms with Gasteiger partial charge in [-0.3, -0.25) is 14.2 Å². The number of thiophene rings is 1. The van der Waals surface area contributed by atoms with E-state index in [2.05, 4.69) is 4.98 Å². The topological polar surface area (TPSA) is 84.7 Å². The fourth-order valence-corrected chi connectivity index (χ4v) is 4.45. The first kappa shape index (κ1) is 19.4. The van der Waals surface area contributed by atoms with Crippen LogP contribution in [0.5, 0.6) is 5.75 Å². The van der Waals surface area contributed by atoms with Crippen LogP contribution in [-0.4, -0.2) is 40.8 Å². The SMILES string of the molecule is COc1ccc(Cn2c(N3CCCC(C(=O)O)C3)nc3ccsc3c2=O)cc1F. The molecule has 0 aliphatic carbocycles. The Morgan fingerprint density at radius 1 is 1.41 bits per heavy atom. The Hall–Kier alpha value is -2.94. The molecule has 3 heterocycles. The Morgan fingerprint density at radius 2 is 2.24 bits per heavy atom. The summed E-state index contributed by atoms with van der Waals surface area (Å²) in [4.78, 5) is 31.1. The highest BCUT2D eigenvalue weighted by molar-refractivity contribution is 7.17. The number of aromatic nitrogens is 2. The first-order valence-electron chi connectivity index (χ1n) is 9.26. The largest absolute Gasteiger partial charge is 0.494 e. The molecular formula is C20H20FN3O4S. The zero-order valence-corrected chi connectivity index (χ0v) is 16.6. The molecule has 7 nitrogen and oxygen atoms in total. The van der Waals surface area contributed by atoms with E-state index in [9.17, 15) is 19.1 Å². The van der Waals surface area contributed by atoms with Crippen molar-refractivity contribution in [3.63, 3.8) is 0 Å². The van der Waals surface area contributed by atoms with Gasteiger partial charge in [0.05, 0.1) is 25.1 Å². The molecule has 0 bridgehead atoms. The second kappa shape index (κ2) is 7.82. The van der Waals surface area contributed by atoms with E-state index in [0.29, 0.717) is 41.1 Å². The van der Waals surface area contributed by atoms with Crippen molar-refractivity contribution in [2.75, 3.05) is 25.1 Å². The molecule has 0 spiro atoms. The van der Waals surface area contributed by atoms with Gasteiger partial charge in [-0.05, 0) is 42.0 Å². The summed E-state index contributed by atoms with van der Waals surface area (Å²) in [6.07, 6.45) is 1.30. The highest BCUT2D eigenvalue weighted by Crippen LogP contribution is 2.26. The average Bonchev–Trinajstić information content (AvgIpc) is 3.19. The van der Waals surface area contributed by atoms with E-state index in [0.717, 1.165) is 0 Å². The molecule has 1 aliphatic heterocycles. The van der Waals surface area contributed by atoms with Gasteiger partial charge in [0.25, 0.3) is 5.56 Å². The molecule has 0 saturated carbocycles. The molecule has 1 aromatic carbocycles. The van der Waals surface area contributed by atoms with Gasteiger partial charge in [-0.2, -0.15) is 0 Å². The van der Waals surface area contributed by atoms with Gasteiger partial charge in [0.2, 0.25) is 5.95 Å². The Morgan fingerprint density at radius 3 is 2.97 bits per heavy atom. The number of anilines is 1. The van der Waals surface area contributed by atoms with E-state index < -0.39 is 17.7 Å². The van der Waals surface area contributed by atoms with Gasteiger partial charge in [0, 0.05) is 13.1 Å². The molecule has 1 unspecified atom stereocenters. The first-order chi connectivity index (χ1) is 14.0. The number of piperidine rings is 1. The summed E-state index contributed by atoms with van der Waals surface area (Å²) in [7, 11) is 1.39. The van der Waals surface area contributed by atoms with Crippen LogP contribution in [0.1, 0.15) is 18.4 Å². The molecule has 2 aromatic heterocycles. The minimum atomic E-state index is -0.850. The second-order valence-electron chi connectivity index (χ2n) is 7.03. The summed E-state index contributed by atoms with van der Waals surface area (Å²) in [6, 6.07) is 6.34. The summed E-state index contributed by atoms with van der Waals surface area (Å²) in [6.45, 7) is 1.03. The summed E-state index contributed by atoms with van der Waals surface area (Å²) in [5, 5.41) is 11.2. The highest BCUT2D eigenvalue weighted by atomic mass is 32.1. The Balaban J connectivity index is 1.78. The molecule has 1 atom stereocenters. The zero-order valence-electron chi connectivity index (χ0n) is 15.8. The molecule has 152 valence electrons. The molecule has 3 aromatic rings. The van der Waals surface area contributed by atoms with E-state index in [1.807, 2.05) is 4.90 Å². The standard InChI is InChI=1S/C20H20FN3O4S/c1-28-16-5-4-12(9-14(16)21)10-24-18(25)17-15(6-8-29-17)22-20(24)23-7-2-3-13(11-23)19(26)27/h4-6,8-9,13H,2-3,7,10-11H2,1H3,(H,26,27). The number of carbonyl (C=O) groups is 1. The van der Waals surface area contributed by atoms with Crippen molar-refractivity contribution in [2.24, 2.45) is 5.92 Å². The maximum atomic E-state index is 14.2. The number of fused-ring (bicyclic) bond motifs is 1. The number of hydrogen-bond donors (Lipinski definition) is 1. The third-order valence-corrected chi connectivity index (χ3v) is 6.05. The number of methoxy groups -OCH3 is 1. The van der Waals surface area contributed by atoms with E-state index in [1.54, 1.807) is 17.5 Å². The number of rotatable bonds is 5. The van der Waals surface area contributed by atoms with Crippen LogP contribution in [0.25, 0.3) is 10.2 Å². The Kier molecular flexibility index (Phi) is 5.23. The molecule has 1 aliphatic rings. The lowest BCUT2D eigenvalue weighted by molar-refractivity contribution is -0.141. The van der Waals surface area contributed by atoms with Crippen molar-refractivity contribution in [1.82, 2.24) is 9.55 Å². The van der Waals surface area contributed by atoms with Gasteiger partial charge in [0.1, 0.15) is 4.70 Å². The molecule has 29 heavy (non-hydrogen) atoms. The third kappa shape index (κ3) is 3.69. The summed E-state index contributed by atoms with van der Waals surface area (Å²) in [5.74, 6) is -1.31. The van der Waals surface area contributed by atoms with Crippen LogP contribution in [0, 0.1) is 11.7 Å². The van der Waals surface area contributed by atoms with E-state index in [4.69, 9.17) is 4.74 Å². The highest BCUT2D eigenvalue weighted by Gasteiger charge is 2.28. The molecule has 1 N–H and O–H groups in total. The zero-order chi connectivity index (χ0) is 20.5. The van der Waals surface area contributed by atoms with E-state index in [-0.39, 0.29) is 24.4 Å². The summed E-state index contributed by atoms with van der Waals surface area (Å²) < 4.78 is 21.1. The van der Waals surface area contributed by atoms with Crippen LogP contribution in [0.3, 0.4) is 0 Å². The summed E-state index contributed by atoms with van der Waals surface area (Å²) in [5.41, 5.74) is 0.967. The van der Waals surface area contributed by atoms with Crippen LogP contribution in [0.2, 0.25) is 0 Å². The molecular weight excluding hydrogens is 397 g/mol. The maximum Gasteiger partial charge on any atom is 0.308 e. The number of carboxylic acids is 1. The average molecular weight is 417 g/mol. The van der Waals surface area contributed by atoms with Crippen molar-refractivity contribution in [1.29, 1.82) is 0 Å². The van der Waals surface area contributed by atoms with Crippen molar-refractivity contribution >= 4 is 33.5 Å². The predicted molar refractivity (Wildman–Crippen MR) is 109 cm³/mol. The van der Waals surface area contributed by atoms with Gasteiger partial charge >= 0.3 is 5.97 Å². The lowest BCUT2D eigenvalue weighted by atomic mass is 9.99. The summed E-state index contributed by atoms with van der Waals surface area (Å²) >= 11 is 1.31. The number of nitrogens with zero attached hydrogens (tertiary/aromatic N) is 3. The lowest BCUT2D eigenvalue weighted by Gasteiger charge is -2.32. The second-order valence-corrected chi connectivity index (χ2v) is 7.95. The fourth-order valence-electron chi connectivity index (χ4n) is 3.67. The van der Waals surface area contributed by atoms with E-state index >= 15 is 0 Å². The van der Waals surface area contributed by atoms with Crippen LogP contribution in [0.4, 0.5) is 10.3 Å². The number of ether oxygens (including phenoxy) is 1. The molecule has 1 saturated heterocycles. The van der Waals surface area contributed by atoms with Gasteiger partial charge in [0.15, 0.2) is 11.6 Å². The number of hydrogen-bond acceptors (Lipinski definition) is 6. The number of benzene rings is 1. The maximum absolute atomic E-state index is 14.2. The normalized spacial score (nSPS) is 16.9. The quantitative estimate of drug-likeness (QED) is 0.687. The molecule has 0 amide bonds. The fraction of sp³-hybridized carbons (Fsp3) is 0.350. The van der Waals surface area contributed by atoms with Crippen LogP contribution >= 0.6 is 11.3 Å². The van der Waals surface area contributed by atoms with Crippen molar-refractivity contribution < 1.29 is 19.0 Å². The van der Waals surface area contributed by atoms with Crippen molar-refractivity contribution in [2.45, 2.75) is 19.4 Å². The molecule has 9 heteroatoms. The van der Waals surface area contributed by atoms with Crippen molar-refractivity contribution in [3.05, 3.63) is 51.4 Å². The van der Waals surface area contributed by atoms with Crippen LogP contribution in [-0.2, 0) is 11.3 Å². The van der Waals surface area contributed by atoms with Gasteiger partial charge < -0.3 is 14.7 Å². The molecule has 1 fully saturated rings. The predicted octanol–water partition coefficient (Wildman–Crippen LogP) is 2.96.